The summed E-state index contributed by atoms with van der Waals surface area (Å²) in [5.41, 5.74) is 6.09. The number of carbonyl (C=O) groups excluding carboxylic acids is 2. The summed E-state index contributed by atoms with van der Waals surface area (Å²) in [5, 5.41) is 2.86. The van der Waals surface area contributed by atoms with Crippen LogP contribution in [0.25, 0.3) is 0 Å². The molecule has 0 unspecified atom stereocenters. The second-order valence-electron chi connectivity index (χ2n) is 5.87. The first-order chi connectivity index (χ1) is 11.0. The molecule has 0 atom stereocenters. The summed E-state index contributed by atoms with van der Waals surface area (Å²) in [6, 6.07) is 7.13. The number of rotatable bonds is 7. The molecule has 1 fully saturated rings. The first-order valence-corrected chi connectivity index (χ1v) is 7.93. The third-order valence-electron chi connectivity index (χ3n) is 4.08. The molecule has 0 spiro atoms. The van der Waals surface area contributed by atoms with Gasteiger partial charge in [-0.15, -0.1) is 12.4 Å². The molecule has 3 N–H and O–H groups in total. The van der Waals surface area contributed by atoms with Gasteiger partial charge in [0, 0.05) is 12.1 Å². The molecule has 0 radical (unpaired) electrons. The molecule has 24 heavy (non-hydrogen) atoms. The number of benzene rings is 1. The number of methoxy groups -OCH3 is 1. The van der Waals surface area contributed by atoms with Crippen LogP contribution in [0.1, 0.15) is 38.5 Å². The van der Waals surface area contributed by atoms with E-state index in [9.17, 15) is 9.59 Å². The second-order valence-corrected chi connectivity index (χ2v) is 5.87. The first kappa shape index (κ1) is 20.3. The normalized spacial score (nSPS) is 15.2. The number of ether oxygens (including phenoxy) is 2. The maximum Gasteiger partial charge on any atom is 0.305 e. The number of amides is 1. The molecule has 6 nitrogen and oxygen atoms in total. The van der Waals surface area contributed by atoms with Crippen molar-refractivity contribution in [1.29, 1.82) is 0 Å². The third kappa shape index (κ3) is 5.69. The van der Waals surface area contributed by atoms with Crippen LogP contribution in [0.4, 0.5) is 5.69 Å². The minimum absolute atomic E-state index is 0. The molecule has 1 saturated carbocycles. The van der Waals surface area contributed by atoms with Gasteiger partial charge in [0.1, 0.15) is 5.75 Å². The minimum atomic E-state index is -0.733. The molecule has 0 aliphatic heterocycles. The average Bonchev–Trinajstić information content (AvgIpc) is 3.01. The molecule has 0 heterocycles. The van der Waals surface area contributed by atoms with Crippen molar-refractivity contribution in [3.05, 3.63) is 24.3 Å². The maximum absolute atomic E-state index is 12.2. The Bertz CT molecular complexity index is 542. The van der Waals surface area contributed by atoms with E-state index in [0.29, 0.717) is 30.9 Å². The van der Waals surface area contributed by atoms with Crippen molar-refractivity contribution in [2.45, 2.75) is 44.1 Å². The van der Waals surface area contributed by atoms with Crippen molar-refractivity contribution in [2.24, 2.45) is 5.73 Å². The SMILES string of the molecule is COC(=O)CCCOc1ccc(NC(=O)C2(N)CCCC2)cc1.Cl. The summed E-state index contributed by atoms with van der Waals surface area (Å²) in [5.74, 6) is 0.326. The highest BCUT2D eigenvalue weighted by atomic mass is 35.5. The molecular formula is C17H25ClN2O4. The zero-order chi connectivity index (χ0) is 16.7. The van der Waals surface area contributed by atoms with Gasteiger partial charge in [-0.3, -0.25) is 9.59 Å². The second kappa shape index (κ2) is 9.49. The zero-order valence-electron chi connectivity index (χ0n) is 13.9. The molecule has 0 bridgehead atoms. The first-order valence-electron chi connectivity index (χ1n) is 7.93. The molecule has 134 valence electrons. The summed E-state index contributed by atoms with van der Waals surface area (Å²) >= 11 is 0. The monoisotopic (exact) mass is 356 g/mol. The number of nitrogens with two attached hydrogens (primary N) is 1. The number of nitrogens with one attached hydrogen (secondary N) is 1. The summed E-state index contributed by atoms with van der Waals surface area (Å²) in [6.07, 6.45) is 4.41. The molecule has 0 aromatic heterocycles. The summed E-state index contributed by atoms with van der Waals surface area (Å²) in [4.78, 5) is 23.2. The van der Waals surface area contributed by atoms with Gasteiger partial charge in [-0.25, -0.2) is 0 Å². The van der Waals surface area contributed by atoms with Crippen molar-refractivity contribution in [3.8, 4) is 5.75 Å². The summed E-state index contributed by atoms with van der Waals surface area (Å²) < 4.78 is 10.1. The van der Waals surface area contributed by atoms with Crippen LogP contribution in [0.2, 0.25) is 0 Å². The lowest BCUT2D eigenvalue weighted by Crippen LogP contribution is -2.48. The number of hydrogen-bond donors (Lipinski definition) is 2. The Morgan fingerprint density at radius 2 is 1.83 bits per heavy atom. The van der Waals surface area contributed by atoms with E-state index in [1.807, 2.05) is 0 Å². The average molecular weight is 357 g/mol. The van der Waals surface area contributed by atoms with Crippen molar-refractivity contribution in [2.75, 3.05) is 19.0 Å². The molecule has 1 aliphatic rings. The Balaban J connectivity index is 0.00000288. The highest BCUT2D eigenvalue weighted by Crippen LogP contribution is 2.28. The number of esters is 1. The Kier molecular flexibility index (Phi) is 8.01. The fraction of sp³-hybridized carbons (Fsp3) is 0.529. The van der Waals surface area contributed by atoms with Crippen LogP contribution in [-0.4, -0.2) is 31.1 Å². The maximum atomic E-state index is 12.2. The van der Waals surface area contributed by atoms with Crippen molar-refractivity contribution >= 4 is 30.0 Å². The number of hydrogen-bond acceptors (Lipinski definition) is 5. The van der Waals surface area contributed by atoms with Gasteiger partial charge in [0.25, 0.3) is 0 Å². The topological polar surface area (TPSA) is 90.6 Å². The fourth-order valence-electron chi connectivity index (χ4n) is 2.63. The zero-order valence-corrected chi connectivity index (χ0v) is 14.7. The largest absolute Gasteiger partial charge is 0.494 e. The molecule has 7 heteroatoms. The van der Waals surface area contributed by atoms with E-state index in [2.05, 4.69) is 10.1 Å². The Morgan fingerprint density at radius 3 is 2.42 bits per heavy atom. The lowest BCUT2D eigenvalue weighted by atomic mass is 9.98. The van der Waals surface area contributed by atoms with E-state index >= 15 is 0 Å². The van der Waals surface area contributed by atoms with E-state index in [1.165, 1.54) is 7.11 Å². The Labute approximate surface area is 148 Å². The van der Waals surface area contributed by atoms with E-state index in [0.717, 1.165) is 25.7 Å². The van der Waals surface area contributed by atoms with Crippen molar-refractivity contribution in [1.82, 2.24) is 0 Å². The number of anilines is 1. The Hall–Kier alpha value is -1.79. The van der Waals surface area contributed by atoms with Gasteiger partial charge in [0.15, 0.2) is 0 Å². The molecule has 1 aromatic carbocycles. The van der Waals surface area contributed by atoms with E-state index in [4.69, 9.17) is 10.5 Å². The molecule has 1 aromatic rings. The molecule has 0 saturated heterocycles. The minimum Gasteiger partial charge on any atom is -0.494 e. The van der Waals surface area contributed by atoms with Gasteiger partial charge in [-0.2, -0.15) is 0 Å². The van der Waals surface area contributed by atoms with E-state index in [-0.39, 0.29) is 24.3 Å². The van der Waals surface area contributed by atoms with Crippen LogP contribution in [-0.2, 0) is 14.3 Å². The van der Waals surface area contributed by atoms with E-state index in [1.54, 1.807) is 24.3 Å². The summed E-state index contributed by atoms with van der Waals surface area (Å²) in [7, 11) is 1.37. The van der Waals surface area contributed by atoms with E-state index < -0.39 is 5.54 Å². The number of halogens is 1. The van der Waals surface area contributed by atoms with Crippen LogP contribution in [0.3, 0.4) is 0 Å². The van der Waals surface area contributed by atoms with Crippen LogP contribution in [0.5, 0.6) is 5.75 Å². The molecule has 1 amide bonds. The van der Waals surface area contributed by atoms with Crippen LogP contribution < -0.4 is 15.8 Å². The third-order valence-corrected chi connectivity index (χ3v) is 4.08. The van der Waals surface area contributed by atoms with Gasteiger partial charge in [0.2, 0.25) is 5.91 Å². The van der Waals surface area contributed by atoms with Gasteiger partial charge in [0.05, 0.1) is 19.3 Å². The van der Waals surface area contributed by atoms with Crippen molar-refractivity contribution in [3.63, 3.8) is 0 Å². The Morgan fingerprint density at radius 1 is 1.21 bits per heavy atom. The standard InChI is InChI=1S/C17H24N2O4.ClH/c1-22-15(20)5-4-12-23-14-8-6-13(7-9-14)19-16(21)17(18)10-2-3-11-17;/h6-9H,2-5,10-12,18H2,1H3,(H,19,21);1H. The summed E-state index contributed by atoms with van der Waals surface area (Å²) in [6.45, 7) is 0.437. The smallest absolute Gasteiger partial charge is 0.305 e. The van der Waals surface area contributed by atoms with Gasteiger partial charge in [-0.05, 0) is 43.5 Å². The molecular weight excluding hydrogens is 332 g/mol. The predicted octanol–water partition coefficient (Wildman–Crippen LogP) is 2.65. The van der Waals surface area contributed by atoms with Gasteiger partial charge < -0.3 is 20.5 Å². The lowest BCUT2D eigenvalue weighted by molar-refractivity contribution is -0.140. The van der Waals surface area contributed by atoms with Crippen LogP contribution in [0.15, 0.2) is 24.3 Å². The highest BCUT2D eigenvalue weighted by Gasteiger charge is 2.36. The van der Waals surface area contributed by atoms with Gasteiger partial charge >= 0.3 is 5.97 Å². The predicted molar refractivity (Wildman–Crippen MR) is 94.5 cm³/mol. The van der Waals surface area contributed by atoms with Gasteiger partial charge in [-0.1, -0.05) is 12.8 Å². The fourth-order valence-corrected chi connectivity index (χ4v) is 2.63. The van der Waals surface area contributed by atoms with Crippen LogP contribution in [0, 0.1) is 0 Å². The quantitative estimate of drug-likeness (QED) is 0.579. The highest BCUT2D eigenvalue weighted by molar-refractivity contribution is 5.98. The molecule has 1 aliphatic carbocycles. The van der Waals surface area contributed by atoms with Crippen LogP contribution >= 0.6 is 12.4 Å². The van der Waals surface area contributed by atoms with Crippen molar-refractivity contribution < 1.29 is 19.1 Å². The molecule has 2 rings (SSSR count). The lowest BCUT2D eigenvalue weighted by Gasteiger charge is -2.22. The number of carbonyl (C=O) groups is 2.